The van der Waals surface area contributed by atoms with Gasteiger partial charge in [0.05, 0.1) is 0 Å². The molecule has 2 atom stereocenters. The molecule has 0 radical (unpaired) electrons. The second-order valence-corrected chi connectivity index (χ2v) is 13.9. The lowest BCUT2D eigenvalue weighted by molar-refractivity contribution is -0.220. The van der Waals surface area contributed by atoms with E-state index in [2.05, 4.69) is 124 Å². The summed E-state index contributed by atoms with van der Waals surface area (Å²) in [5.74, 6) is 0. The van der Waals surface area contributed by atoms with Crippen LogP contribution in [0.4, 0.5) is 0 Å². The highest BCUT2D eigenvalue weighted by Gasteiger charge is 2.53. The molecule has 1 fully saturated rings. The quantitative estimate of drug-likeness (QED) is 0.448. The predicted molar refractivity (Wildman–Crippen MR) is 134 cm³/mol. The minimum Gasteiger partial charge on any atom is -0.381 e. The lowest BCUT2D eigenvalue weighted by Crippen LogP contribution is -2.67. The van der Waals surface area contributed by atoms with E-state index in [0.717, 1.165) is 19.4 Å². The topological polar surface area (TPSA) is 21.7 Å². The van der Waals surface area contributed by atoms with E-state index in [0.29, 0.717) is 6.04 Å². The molecule has 0 amide bonds. The summed E-state index contributed by atoms with van der Waals surface area (Å²) in [6.45, 7) is 9.95. The van der Waals surface area contributed by atoms with Crippen molar-refractivity contribution in [1.82, 2.24) is 5.06 Å². The van der Waals surface area contributed by atoms with Crippen LogP contribution in [0.5, 0.6) is 0 Å². The third kappa shape index (κ3) is 4.60. The van der Waals surface area contributed by atoms with Gasteiger partial charge in [0, 0.05) is 19.0 Å². The molecular weight excluding hydrogens is 410 g/mol. The molecule has 1 aliphatic rings. The standard InChI is InChI=1S/C28H35NO2Si/c1-5-24-21-27(30-29(24)22-23-15-9-6-10-16-23)31-32(28(2,3)4,25-17-11-7-12-18-25)26-19-13-8-14-20-26/h6-20,24,27H,5,21-22H2,1-4H3/t24-,27-/m0/s1. The third-order valence-electron chi connectivity index (χ3n) is 6.50. The molecule has 0 N–H and O–H groups in total. The van der Waals surface area contributed by atoms with Crippen LogP contribution in [0.25, 0.3) is 0 Å². The Bertz CT molecular complexity index is 933. The number of hydroxylamine groups is 2. The van der Waals surface area contributed by atoms with Crippen molar-refractivity contribution in [2.24, 2.45) is 0 Å². The van der Waals surface area contributed by atoms with Gasteiger partial charge < -0.3 is 4.43 Å². The molecule has 3 aromatic carbocycles. The fraction of sp³-hybridized carbons (Fsp3) is 0.357. The number of benzene rings is 3. The molecule has 168 valence electrons. The van der Waals surface area contributed by atoms with Gasteiger partial charge in [-0.1, -0.05) is 119 Å². The Kier molecular flexibility index (Phi) is 6.96. The van der Waals surface area contributed by atoms with E-state index in [9.17, 15) is 0 Å². The molecule has 3 aromatic rings. The third-order valence-corrected chi connectivity index (χ3v) is 11.5. The van der Waals surface area contributed by atoms with Crippen LogP contribution in [0.15, 0.2) is 91.0 Å². The normalized spacial score (nSPS) is 19.9. The van der Waals surface area contributed by atoms with Crippen molar-refractivity contribution in [3.8, 4) is 0 Å². The van der Waals surface area contributed by atoms with Gasteiger partial charge in [-0.15, -0.1) is 0 Å². The monoisotopic (exact) mass is 445 g/mol. The summed E-state index contributed by atoms with van der Waals surface area (Å²) in [6.07, 6.45) is 1.66. The van der Waals surface area contributed by atoms with Crippen molar-refractivity contribution in [3.05, 3.63) is 96.6 Å². The Morgan fingerprint density at radius 2 is 1.34 bits per heavy atom. The van der Waals surface area contributed by atoms with Crippen molar-refractivity contribution >= 4 is 18.7 Å². The Morgan fingerprint density at radius 1 is 0.844 bits per heavy atom. The largest absolute Gasteiger partial charge is 0.381 e. The van der Waals surface area contributed by atoms with Gasteiger partial charge in [0.2, 0.25) is 0 Å². The minimum atomic E-state index is -2.63. The van der Waals surface area contributed by atoms with Crippen molar-refractivity contribution in [1.29, 1.82) is 0 Å². The van der Waals surface area contributed by atoms with Crippen LogP contribution in [0.1, 0.15) is 46.1 Å². The van der Waals surface area contributed by atoms with Gasteiger partial charge in [-0.05, 0) is 27.4 Å². The maximum atomic E-state index is 7.21. The van der Waals surface area contributed by atoms with Crippen LogP contribution in [0.2, 0.25) is 5.04 Å². The van der Waals surface area contributed by atoms with E-state index >= 15 is 0 Å². The average Bonchev–Trinajstić information content (AvgIpc) is 3.19. The molecule has 0 bridgehead atoms. The summed E-state index contributed by atoms with van der Waals surface area (Å²) in [6, 6.07) is 32.5. The van der Waals surface area contributed by atoms with Gasteiger partial charge in [0.25, 0.3) is 8.32 Å². The van der Waals surface area contributed by atoms with Crippen LogP contribution in [-0.4, -0.2) is 25.7 Å². The molecule has 4 heteroatoms. The Morgan fingerprint density at radius 3 is 1.81 bits per heavy atom. The first-order valence-electron chi connectivity index (χ1n) is 11.7. The molecule has 0 aromatic heterocycles. The molecule has 1 heterocycles. The van der Waals surface area contributed by atoms with E-state index < -0.39 is 8.32 Å². The smallest absolute Gasteiger partial charge is 0.264 e. The van der Waals surface area contributed by atoms with Gasteiger partial charge in [-0.2, -0.15) is 5.06 Å². The molecule has 0 spiro atoms. The number of nitrogens with zero attached hydrogens (tertiary/aromatic N) is 1. The second kappa shape index (κ2) is 9.71. The summed E-state index contributed by atoms with van der Waals surface area (Å²) in [4.78, 5) is 6.51. The molecule has 3 nitrogen and oxygen atoms in total. The van der Waals surface area contributed by atoms with Crippen molar-refractivity contribution in [2.45, 2.75) is 64.5 Å². The lowest BCUT2D eigenvalue weighted by atomic mass is 10.1. The first-order chi connectivity index (χ1) is 15.4. The van der Waals surface area contributed by atoms with Gasteiger partial charge in [-0.25, -0.2) is 0 Å². The van der Waals surface area contributed by atoms with Gasteiger partial charge in [-0.3, -0.25) is 4.84 Å². The summed E-state index contributed by atoms with van der Waals surface area (Å²) >= 11 is 0. The lowest BCUT2D eigenvalue weighted by Gasteiger charge is -2.44. The number of hydrogen-bond acceptors (Lipinski definition) is 3. The van der Waals surface area contributed by atoms with Crippen LogP contribution < -0.4 is 10.4 Å². The van der Waals surface area contributed by atoms with Crippen LogP contribution in [0.3, 0.4) is 0 Å². The van der Waals surface area contributed by atoms with E-state index in [1.807, 2.05) is 0 Å². The van der Waals surface area contributed by atoms with Gasteiger partial charge in [0.15, 0.2) is 6.29 Å². The number of hydrogen-bond donors (Lipinski definition) is 0. The molecule has 0 aliphatic carbocycles. The molecular formula is C28H35NO2Si. The Labute approximate surface area is 194 Å². The van der Waals surface area contributed by atoms with Crippen molar-refractivity contribution in [3.63, 3.8) is 0 Å². The van der Waals surface area contributed by atoms with E-state index in [-0.39, 0.29) is 11.3 Å². The molecule has 1 saturated heterocycles. The summed E-state index contributed by atoms with van der Waals surface area (Å²) in [5.41, 5.74) is 1.26. The molecule has 1 aliphatic heterocycles. The zero-order chi connectivity index (χ0) is 22.6. The molecule has 0 saturated carbocycles. The first kappa shape index (κ1) is 22.9. The second-order valence-electron chi connectivity index (χ2n) is 9.67. The predicted octanol–water partition coefficient (Wildman–Crippen LogP) is 5.51. The SMILES string of the molecule is CC[C@H]1C[C@H](O[Si](c2ccccc2)(c2ccccc2)C(C)(C)C)ON1Cc1ccccc1. The van der Waals surface area contributed by atoms with E-state index in [1.165, 1.54) is 15.9 Å². The zero-order valence-electron chi connectivity index (χ0n) is 19.7. The summed E-state index contributed by atoms with van der Waals surface area (Å²) in [7, 11) is -2.63. The number of rotatable bonds is 7. The highest BCUT2D eigenvalue weighted by molar-refractivity contribution is 6.99. The zero-order valence-corrected chi connectivity index (χ0v) is 20.7. The Hall–Kier alpha value is -2.24. The van der Waals surface area contributed by atoms with E-state index in [4.69, 9.17) is 9.26 Å². The van der Waals surface area contributed by atoms with Gasteiger partial charge in [0.1, 0.15) is 0 Å². The molecule has 32 heavy (non-hydrogen) atoms. The van der Waals surface area contributed by atoms with Crippen LogP contribution >= 0.6 is 0 Å². The minimum absolute atomic E-state index is 0.0619. The first-order valence-corrected chi connectivity index (χ1v) is 13.6. The highest BCUT2D eigenvalue weighted by Crippen LogP contribution is 2.39. The van der Waals surface area contributed by atoms with Crippen LogP contribution in [0, 0.1) is 0 Å². The van der Waals surface area contributed by atoms with Crippen molar-refractivity contribution in [2.75, 3.05) is 0 Å². The summed E-state index contributed by atoms with van der Waals surface area (Å²) in [5, 5.41) is 4.65. The van der Waals surface area contributed by atoms with E-state index in [1.54, 1.807) is 0 Å². The highest BCUT2D eigenvalue weighted by atomic mass is 28.4. The fourth-order valence-electron chi connectivity index (χ4n) is 4.88. The maximum Gasteiger partial charge on any atom is 0.264 e. The Balaban J connectivity index is 1.69. The summed E-state index contributed by atoms with van der Waals surface area (Å²) < 4.78 is 7.21. The maximum absolute atomic E-state index is 7.21. The van der Waals surface area contributed by atoms with Gasteiger partial charge >= 0.3 is 0 Å². The molecule has 0 unspecified atom stereocenters. The van der Waals surface area contributed by atoms with Crippen LogP contribution in [-0.2, 0) is 15.8 Å². The molecule has 4 rings (SSSR count). The van der Waals surface area contributed by atoms with Crippen molar-refractivity contribution < 1.29 is 9.26 Å². The fourth-order valence-corrected chi connectivity index (χ4v) is 9.43. The average molecular weight is 446 g/mol.